The van der Waals surface area contributed by atoms with Crippen LogP contribution in [0.2, 0.25) is 0 Å². The van der Waals surface area contributed by atoms with Crippen molar-refractivity contribution < 1.29 is 14.3 Å². The van der Waals surface area contributed by atoms with Crippen LogP contribution in [0, 0.1) is 0 Å². The molecule has 0 unspecified atom stereocenters. The number of halogens is 1. The topological polar surface area (TPSA) is 63.2 Å². The average molecular weight is 483 g/mol. The van der Waals surface area contributed by atoms with E-state index >= 15 is 0 Å². The van der Waals surface area contributed by atoms with Crippen LogP contribution in [0.15, 0.2) is 53.5 Å². The maximum Gasteiger partial charge on any atom is 0.341 e. The fraction of sp³-hybridized carbons (Fsp3) is 0.300. The van der Waals surface area contributed by atoms with Gasteiger partial charge in [0.2, 0.25) is 0 Å². The zero-order valence-corrected chi connectivity index (χ0v) is 18.4. The van der Waals surface area contributed by atoms with E-state index in [0.29, 0.717) is 24.4 Å². The van der Waals surface area contributed by atoms with Crippen molar-refractivity contribution >= 4 is 35.9 Å². The number of rotatable bonds is 6. The molecule has 0 aliphatic carbocycles. The number of carbonyl (C=O) groups is 1. The predicted molar refractivity (Wildman–Crippen MR) is 118 cm³/mol. The van der Waals surface area contributed by atoms with E-state index in [4.69, 9.17) is 9.47 Å². The van der Waals surface area contributed by atoms with Crippen LogP contribution in [-0.2, 0) is 17.8 Å². The monoisotopic (exact) mass is 483 g/mol. The Labute approximate surface area is 177 Å². The molecule has 0 fully saturated rings. The molecule has 0 bridgehead atoms. The number of methoxy groups -OCH3 is 2. The molecule has 0 aliphatic rings. The van der Waals surface area contributed by atoms with E-state index in [0.717, 1.165) is 11.5 Å². The van der Waals surface area contributed by atoms with E-state index in [2.05, 4.69) is 22.4 Å². The smallest absolute Gasteiger partial charge is 0.341 e. The quantitative estimate of drug-likeness (QED) is 0.296. The second kappa shape index (κ2) is 11.4. The molecule has 2 rings (SSSR count). The lowest BCUT2D eigenvalue weighted by Crippen LogP contribution is -2.36. The van der Waals surface area contributed by atoms with Crippen molar-refractivity contribution in [1.82, 2.24) is 10.2 Å². The molecule has 0 atom stereocenters. The van der Waals surface area contributed by atoms with E-state index in [9.17, 15) is 4.79 Å². The van der Waals surface area contributed by atoms with Crippen LogP contribution < -0.4 is 10.1 Å². The zero-order chi connectivity index (χ0) is 18.9. The lowest BCUT2D eigenvalue weighted by atomic mass is 10.1. The van der Waals surface area contributed by atoms with Gasteiger partial charge in [0.1, 0.15) is 11.3 Å². The first-order valence-corrected chi connectivity index (χ1v) is 8.30. The SMILES string of the molecule is COC(=O)c1cc(CN=C(NCc2ccccc2)N(C)C)ccc1OC.I. The number of carbonyl (C=O) groups excluding carboxylic acids is 1. The third-order valence-corrected chi connectivity index (χ3v) is 3.80. The summed E-state index contributed by atoms with van der Waals surface area (Å²) in [7, 11) is 6.75. The molecule has 7 heteroatoms. The molecule has 6 nitrogen and oxygen atoms in total. The molecule has 0 amide bonds. The van der Waals surface area contributed by atoms with E-state index < -0.39 is 5.97 Å². The van der Waals surface area contributed by atoms with Crippen LogP contribution in [0.5, 0.6) is 5.75 Å². The summed E-state index contributed by atoms with van der Waals surface area (Å²) < 4.78 is 10.0. The number of ether oxygens (including phenoxy) is 2. The summed E-state index contributed by atoms with van der Waals surface area (Å²) in [5.41, 5.74) is 2.47. The third kappa shape index (κ3) is 6.74. The van der Waals surface area contributed by atoms with Crippen LogP contribution in [0.4, 0.5) is 0 Å². The van der Waals surface area contributed by atoms with Gasteiger partial charge in [-0.15, -0.1) is 24.0 Å². The fourth-order valence-corrected chi connectivity index (χ4v) is 2.42. The van der Waals surface area contributed by atoms with Crippen LogP contribution in [0.1, 0.15) is 21.5 Å². The molecule has 0 aliphatic heterocycles. The first-order valence-electron chi connectivity index (χ1n) is 8.30. The number of nitrogens with one attached hydrogen (secondary N) is 1. The number of benzene rings is 2. The molecular weight excluding hydrogens is 457 g/mol. The van der Waals surface area contributed by atoms with Gasteiger partial charge in [0.25, 0.3) is 0 Å². The zero-order valence-electron chi connectivity index (χ0n) is 16.1. The molecule has 1 N–H and O–H groups in total. The van der Waals surface area contributed by atoms with E-state index in [-0.39, 0.29) is 24.0 Å². The van der Waals surface area contributed by atoms with Crippen molar-refractivity contribution in [1.29, 1.82) is 0 Å². The van der Waals surface area contributed by atoms with Crippen molar-refractivity contribution in [2.75, 3.05) is 28.3 Å². The first kappa shape index (κ1) is 22.8. The van der Waals surface area contributed by atoms with Crippen molar-refractivity contribution in [3.63, 3.8) is 0 Å². The normalized spacial score (nSPS) is 10.6. The first-order chi connectivity index (χ1) is 12.5. The van der Waals surface area contributed by atoms with Crippen molar-refractivity contribution in [3.8, 4) is 5.75 Å². The Bertz CT molecular complexity index is 764. The van der Waals surface area contributed by atoms with Gasteiger partial charge in [0.05, 0.1) is 20.8 Å². The van der Waals surface area contributed by atoms with Crippen LogP contribution >= 0.6 is 24.0 Å². The van der Waals surface area contributed by atoms with Crippen molar-refractivity contribution in [2.45, 2.75) is 13.1 Å². The largest absolute Gasteiger partial charge is 0.496 e. The molecule has 0 spiro atoms. The summed E-state index contributed by atoms with van der Waals surface area (Å²) in [6.07, 6.45) is 0. The predicted octanol–water partition coefficient (Wildman–Crippen LogP) is 3.31. The Kier molecular flexibility index (Phi) is 9.63. The molecule has 2 aromatic carbocycles. The van der Waals surface area contributed by atoms with Crippen molar-refractivity contribution in [2.24, 2.45) is 4.99 Å². The maximum atomic E-state index is 11.9. The van der Waals surface area contributed by atoms with Crippen molar-refractivity contribution in [3.05, 3.63) is 65.2 Å². The van der Waals surface area contributed by atoms with Gasteiger partial charge >= 0.3 is 5.97 Å². The summed E-state index contributed by atoms with van der Waals surface area (Å²) >= 11 is 0. The molecule has 0 saturated heterocycles. The van der Waals surface area contributed by atoms with Gasteiger partial charge in [0.15, 0.2) is 5.96 Å². The number of hydrogen-bond donors (Lipinski definition) is 1. The second-order valence-corrected chi connectivity index (χ2v) is 5.90. The molecule has 0 saturated carbocycles. The summed E-state index contributed by atoms with van der Waals surface area (Å²) in [5.74, 6) is 0.826. The van der Waals surface area contributed by atoms with Crippen LogP contribution in [0.25, 0.3) is 0 Å². The minimum Gasteiger partial charge on any atom is -0.496 e. The van der Waals surface area contributed by atoms with Gasteiger partial charge in [-0.25, -0.2) is 9.79 Å². The molecule has 146 valence electrons. The molecule has 0 heterocycles. The molecule has 0 radical (unpaired) electrons. The lowest BCUT2D eigenvalue weighted by Gasteiger charge is -2.18. The van der Waals surface area contributed by atoms with E-state index in [1.54, 1.807) is 12.1 Å². The highest BCUT2D eigenvalue weighted by molar-refractivity contribution is 14.0. The molecule has 0 aromatic heterocycles. The van der Waals surface area contributed by atoms with Crippen LogP contribution in [-0.4, -0.2) is 45.1 Å². The molecule has 2 aromatic rings. The summed E-state index contributed by atoms with van der Waals surface area (Å²) in [6.45, 7) is 1.12. The Morgan fingerprint density at radius 3 is 2.37 bits per heavy atom. The number of esters is 1. The van der Waals surface area contributed by atoms with Gasteiger partial charge in [-0.05, 0) is 23.3 Å². The standard InChI is InChI=1S/C20H25N3O3.HI/c1-23(2)20(21-13-15-8-6-5-7-9-15)22-14-16-10-11-18(25-3)17(12-16)19(24)26-4;/h5-12H,13-14H2,1-4H3,(H,21,22);1H. The Balaban J connectivity index is 0.00000364. The highest BCUT2D eigenvalue weighted by atomic mass is 127. The highest BCUT2D eigenvalue weighted by Crippen LogP contribution is 2.21. The lowest BCUT2D eigenvalue weighted by molar-refractivity contribution is 0.0597. The Hall–Kier alpha value is -2.29. The van der Waals surface area contributed by atoms with Gasteiger partial charge < -0.3 is 19.7 Å². The van der Waals surface area contributed by atoms with E-state index in [1.807, 2.05) is 43.3 Å². The van der Waals surface area contributed by atoms with Gasteiger partial charge in [-0.1, -0.05) is 36.4 Å². The number of nitrogens with zero attached hydrogens (tertiary/aromatic N) is 2. The Morgan fingerprint density at radius 1 is 1.07 bits per heavy atom. The summed E-state index contributed by atoms with van der Waals surface area (Å²) in [4.78, 5) is 18.4. The molecule has 27 heavy (non-hydrogen) atoms. The highest BCUT2D eigenvalue weighted by Gasteiger charge is 2.13. The van der Waals surface area contributed by atoms with Gasteiger partial charge in [0, 0.05) is 20.6 Å². The maximum absolute atomic E-state index is 11.9. The fourth-order valence-electron chi connectivity index (χ4n) is 2.42. The van der Waals surface area contributed by atoms with Crippen LogP contribution in [0.3, 0.4) is 0 Å². The second-order valence-electron chi connectivity index (χ2n) is 5.90. The minimum atomic E-state index is -0.428. The van der Waals surface area contributed by atoms with E-state index in [1.165, 1.54) is 19.8 Å². The Morgan fingerprint density at radius 2 is 1.78 bits per heavy atom. The van der Waals surface area contributed by atoms with Gasteiger partial charge in [-0.3, -0.25) is 0 Å². The summed E-state index contributed by atoms with van der Waals surface area (Å²) in [5, 5.41) is 3.34. The minimum absolute atomic E-state index is 0. The average Bonchev–Trinajstić information content (AvgIpc) is 2.67. The number of aliphatic imine (C=N–C) groups is 1. The number of hydrogen-bond acceptors (Lipinski definition) is 4. The summed E-state index contributed by atoms with van der Waals surface area (Å²) in [6, 6.07) is 15.5. The third-order valence-electron chi connectivity index (χ3n) is 3.80. The molecular formula is C20H26IN3O3. The number of guanidine groups is 1. The van der Waals surface area contributed by atoms with Gasteiger partial charge in [-0.2, -0.15) is 0 Å².